The average molecular weight is 291 g/mol. The van der Waals surface area contributed by atoms with Crippen molar-refractivity contribution < 1.29 is 14.3 Å². The van der Waals surface area contributed by atoms with Crippen LogP contribution in [-0.2, 0) is 9.59 Å². The summed E-state index contributed by atoms with van der Waals surface area (Å²) < 4.78 is 5.57. The van der Waals surface area contributed by atoms with Crippen LogP contribution in [-0.4, -0.2) is 54.4 Å². The van der Waals surface area contributed by atoms with Crippen molar-refractivity contribution in [3.63, 3.8) is 0 Å². The number of carbonyl (C=O) groups excluding carboxylic acids is 2. The summed E-state index contributed by atoms with van der Waals surface area (Å²) >= 11 is 0. The van der Waals surface area contributed by atoms with Crippen LogP contribution >= 0.6 is 0 Å². The van der Waals surface area contributed by atoms with E-state index in [-0.39, 0.29) is 24.9 Å². The van der Waals surface area contributed by atoms with Crippen molar-refractivity contribution in [2.24, 2.45) is 0 Å². The van der Waals surface area contributed by atoms with E-state index in [2.05, 4.69) is 0 Å². The van der Waals surface area contributed by atoms with Crippen LogP contribution in [0.2, 0.25) is 0 Å². The number of nitrogens with zero attached hydrogens (tertiary/aromatic N) is 2. The number of piperazine rings is 1. The second-order valence-corrected chi connectivity index (χ2v) is 5.00. The van der Waals surface area contributed by atoms with E-state index in [0.717, 1.165) is 0 Å². The molecule has 21 heavy (non-hydrogen) atoms. The van der Waals surface area contributed by atoms with Crippen LogP contribution in [0.15, 0.2) is 24.3 Å². The summed E-state index contributed by atoms with van der Waals surface area (Å²) in [5.41, 5.74) is 6.32. The highest BCUT2D eigenvalue weighted by Crippen LogP contribution is 2.14. The van der Waals surface area contributed by atoms with Crippen molar-refractivity contribution in [3.05, 3.63) is 24.3 Å². The molecule has 0 spiro atoms. The minimum atomic E-state index is 0.000376. The molecule has 114 valence electrons. The van der Waals surface area contributed by atoms with Gasteiger partial charge < -0.3 is 20.3 Å². The molecule has 1 fully saturated rings. The maximum atomic E-state index is 11.9. The number of ether oxygens (including phenoxy) is 1. The van der Waals surface area contributed by atoms with E-state index in [4.69, 9.17) is 10.5 Å². The number of carbonyl (C=O) groups is 2. The third kappa shape index (κ3) is 4.11. The molecule has 0 aliphatic carbocycles. The first-order valence-corrected chi connectivity index (χ1v) is 7.14. The van der Waals surface area contributed by atoms with Crippen LogP contribution in [0.5, 0.6) is 5.75 Å². The maximum absolute atomic E-state index is 11.9. The van der Waals surface area contributed by atoms with Gasteiger partial charge >= 0.3 is 0 Å². The molecule has 0 unspecified atom stereocenters. The van der Waals surface area contributed by atoms with E-state index < -0.39 is 0 Å². The van der Waals surface area contributed by atoms with E-state index in [1.54, 1.807) is 21.9 Å². The van der Waals surface area contributed by atoms with Gasteiger partial charge in [0.1, 0.15) is 5.75 Å². The summed E-state index contributed by atoms with van der Waals surface area (Å²) in [6.45, 7) is 3.83. The Hall–Kier alpha value is -2.24. The molecule has 2 amide bonds. The van der Waals surface area contributed by atoms with Crippen LogP contribution in [0.25, 0.3) is 0 Å². The molecule has 1 aliphatic heterocycles. The zero-order chi connectivity index (χ0) is 15.2. The van der Waals surface area contributed by atoms with Gasteiger partial charge in [0.15, 0.2) is 0 Å². The van der Waals surface area contributed by atoms with Crippen molar-refractivity contribution in [1.29, 1.82) is 0 Å². The number of anilines is 1. The lowest BCUT2D eigenvalue weighted by atomic mass is 10.2. The van der Waals surface area contributed by atoms with Gasteiger partial charge in [0.25, 0.3) is 0 Å². The molecular formula is C15H21N3O3. The fraction of sp³-hybridized carbons (Fsp3) is 0.467. The standard InChI is InChI=1S/C15H21N3O3/c1-2-17-10-15(20)18(11-14(17)19)7-4-8-21-13-6-3-5-12(16)9-13/h3,5-6,9H,2,4,7-8,10-11,16H2,1H3. The molecule has 0 saturated carbocycles. The van der Waals surface area contributed by atoms with Crippen LogP contribution in [0.4, 0.5) is 5.69 Å². The molecule has 6 heteroatoms. The van der Waals surface area contributed by atoms with Gasteiger partial charge in [0, 0.05) is 24.8 Å². The molecular weight excluding hydrogens is 270 g/mol. The first kappa shape index (κ1) is 15.2. The number of hydrogen-bond donors (Lipinski definition) is 1. The highest BCUT2D eigenvalue weighted by Gasteiger charge is 2.28. The summed E-state index contributed by atoms with van der Waals surface area (Å²) in [6.07, 6.45) is 0.681. The summed E-state index contributed by atoms with van der Waals surface area (Å²) in [6, 6.07) is 7.22. The molecule has 6 nitrogen and oxygen atoms in total. The fourth-order valence-electron chi connectivity index (χ4n) is 2.24. The largest absolute Gasteiger partial charge is 0.493 e. The van der Waals surface area contributed by atoms with Crippen molar-refractivity contribution in [1.82, 2.24) is 9.80 Å². The predicted octanol–water partition coefficient (Wildman–Crippen LogP) is 0.728. The Bertz CT molecular complexity index is 519. The van der Waals surface area contributed by atoms with Crippen LogP contribution < -0.4 is 10.5 Å². The minimum Gasteiger partial charge on any atom is -0.493 e. The molecule has 0 radical (unpaired) electrons. The fourth-order valence-corrected chi connectivity index (χ4v) is 2.24. The molecule has 2 rings (SSSR count). The molecule has 0 bridgehead atoms. The lowest BCUT2D eigenvalue weighted by Gasteiger charge is -2.33. The minimum absolute atomic E-state index is 0.000376. The number of nitrogen functional groups attached to an aromatic ring is 1. The molecule has 1 aromatic carbocycles. The van der Waals surface area contributed by atoms with Gasteiger partial charge in [-0.05, 0) is 25.5 Å². The first-order valence-electron chi connectivity index (χ1n) is 7.14. The van der Waals surface area contributed by atoms with E-state index in [1.807, 2.05) is 19.1 Å². The van der Waals surface area contributed by atoms with Crippen LogP contribution in [0.1, 0.15) is 13.3 Å². The predicted molar refractivity (Wildman–Crippen MR) is 79.8 cm³/mol. The van der Waals surface area contributed by atoms with E-state index in [0.29, 0.717) is 37.6 Å². The molecule has 1 aliphatic rings. The first-order chi connectivity index (χ1) is 10.1. The number of likely N-dealkylation sites (N-methyl/N-ethyl adjacent to an activating group) is 1. The normalized spacial score (nSPS) is 15.5. The number of amides is 2. The highest BCUT2D eigenvalue weighted by molar-refractivity contribution is 5.92. The van der Waals surface area contributed by atoms with Gasteiger partial charge in [0.05, 0.1) is 19.7 Å². The number of benzene rings is 1. The average Bonchev–Trinajstić information content (AvgIpc) is 2.46. The number of hydrogen-bond acceptors (Lipinski definition) is 4. The third-order valence-corrected chi connectivity index (χ3v) is 3.44. The Morgan fingerprint density at radius 2 is 1.90 bits per heavy atom. The summed E-state index contributed by atoms with van der Waals surface area (Å²) in [5, 5.41) is 0. The zero-order valence-corrected chi connectivity index (χ0v) is 12.2. The highest BCUT2D eigenvalue weighted by atomic mass is 16.5. The summed E-state index contributed by atoms with van der Waals surface area (Å²) in [7, 11) is 0. The smallest absolute Gasteiger partial charge is 0.242 e. The molecule has 1 aromatic rings. The Kier molecular flexibility index (Phi) is 5.03. The Morgan fingerprint density at radius 1 is 1.19 bits per heavy atom. The monoisotopic (exact) mass is 291 g/mol. The van der Waals surface area contributed by atoms with Gasteiger partial charge in [-0.2, -0.15) is 0 Å². The van der Waals surface area contributed by atoms with Gasteiger partial charge in [0.2, 0.25) is 11.8 Å². The molecule has 1 heterocycles. The summed E-state index contributed by atoms with van der Waals surface area (Å²) in [4.78, 5) is 26.8. The van der Waals surface area contributed by atoms with Gasteiger partial charge in [-0.25, -0.2) is 0 Å². The van der Waals surface area contributed by atoms with Crippen LogP contribution in [0.3, 0.4) is 0 Å². The Labute approximate surface area is 124 Å². The zero-order valence-electron chi connectivity index (χ0n) is 12.2. The topological polar surface area (TPSA) is 75.9 Å². The quantitative estimate of drug-likeness (QED) is 0.619. The second kappa shape index (κ2) is 6.97. The van der Waals surface area contributed by atoms with Crippen LogP contribution in [0, 0.1) is 0 Å². The van der Waals surface area contributed by atoms with E-state index in [1.165, 1.54) is 0 Å². The van der Waals surface area contributed by atoms with Gasteiger partial charge in [-0.1, -0.05) is 6.07 Å². The van der Waals surface area contributed by atoms with Crippen molar-refractivity contribution in [3.8, 4) is 5.75 Å². The molecule has 0 atom stereocenters. The SMILES string of the molecule is CCN1CC(=O)N(CCCOc2cccc(N)c2)CC1=O. The third-order valence-electron chi connectivity index (χ3n) is 3.44. The van der Waals surface area contributed by atoms with E-state index >= 15 is 0 Å². The number of rotatable bonds is 6. The van der Waals surface area contributed by atoms with Crippen molar-refractivity contribution in [2.75, 3.05) is 38.5 Å². The van der Waals surface area contributed by atoms with Crippen molar-refractivity contribution >= 4 is 17.5 Å². The van der Waals surface area contributed by atoms with E-state index in [9.17, 15) is 9.59 Å². The summed E-state index contributed by atoms with van der Waals surface area (Å²) in [5.74, 6) is 0.725. The molecule has 0 aromatic heterocycles. The molecule has 2 N–H and O–H groups in total. The van der Waals surface area contributed by atoms with Gasteiger partial charge in [-0.3, -0.25) is 9.59 Å². The second-order valence-electron chi connectivity index (χ2n) is 5.00. The number of nitrogens with two attached hydrogens (primary N) is 1. The lowest BCUT2D eigenvalue weighted by Crippen LogP contribution is -2.53. The van der Waals surface area contributed by atoms with Crippen molar-refractivity contribution in [2.45, 2.75) is 13.3 Å². The maximum Gasteiger partial charge on any atom is 0.242 e. The molecule has 1 saturated heterocycles. The Balaban J connectivity index is 1.74. The Morgan fingerprint density at radius 3 is 2.62 bits per heavy atom. The lowest BCUT2D eigenvalue weighted by molar-refractivity contribution is -0.149. The van der Waals surface area contributed by atoms with Gasteiger partial charge in [-0.15, -0.1) is 0 Å².